The Balaban J connectivity index is 2.49. The molecule has 0 saturated heterocycles. The number of anilines is 1. The highest BCUT2D eigenvalue weighted by atomic mass is 35.5. The third kappa shape index (κ3) is 2.78. The SMILES string of the molecule is CC(=O)N1CCCSC(C)c2cc(Cl)ccc21. The molecule has 0 bridgehead atoms. The quantitative estimate of drug-likeness (QED) is 0.712. The lowest BCUT2D eigenvalue weighted by Gasteiger charge is -2.29. The van der Waals surface area contributed by atoms with E-state index < -0.39 is 0 Å². The molecule has 1 aliphatic heterocycles. The molecule has 1 aromatic carbocycles. The second-order valence-electron chi connectivity index (χ2n) is 4.24. The van der Waals surface area contributed by atoms with Gasteiger partial charge in [-0.2, -0.15) is 11.8 Å². The Morgan fingerprint density at radius 2 is 2.29 bits per heavy atom. The lowest BCUT2D eigenvalue weighted by molar-refractivity contribution is -0.116. The van der Waals surface area contributed by atoms with Gasteiger partial charge < -0.3 is 4.90 Å². The number of carbonyl (C=O) groups is 1. The van der Waals surface area contributed by atoms with Crippen LogP contribution in [-0.2, 0) is 4.79 Å². The van der Waals surface area contributed by atoms with Gasteiger partial charge in [0.25, 0.3) is 0 Å². The molecule has 0 aliphatic carbocycles. The van der Waals surface area contributed by atoms with Gasteiger partial charge >= 0.3 is 0 Å². The fraction of sp³-hybridized carbons (Fsp3) is 0.462. The number of hydrogen-bond acceptors (Lipinski definition) is 2. The molecule has 92 valence electrons. The predicted octanol–water partition coefficient (Wildman–Crippen LogP) is 3.89. The molecular formula is C13H16ClNOS. The largest absolute Gasteiger partial charge is 0.312 e. The fourth-order valence-corrected chi connectivity index (χ4v) is 3.32. The van der Waals surface area contributed by atoms with Gasteiger partial charge in [0, 0.05) is 29.4 Å². The second-order valence-corrected chi connectivity index (χ2v) is 6.13. The highest BCUT2D eigenvalue weighted by Gasteiger charge is 2.21. The maximum Gasteiger partial charge on any atom is 0.223 e. The minimum Gasteiger partial charge on any atom is -0.312 e. The molecule has 0 saturated carbocycles. The number of benzene rings is 1. The van der Waals surface area contributed by atoms with Gasteiger partial charge in [-0.15, -0.1) is 0 Å². The lowest BCUT2D eigenvalue weighted by Crippen LogP contribution is -2.31. The lowest BCUT2D eigenvalue weighted by atomic mass is 10.1. The van der Waals surface area contributed by atoms with Crippen molar-refractivity contribution in [2.75, 3.05) is 17.2 Å². The van der Waals surface area contributed by atoms with Crippen molar-refractivity contribution in [3.05, 3.63) is 28.8 Å². The number of halogens is 1. The summed E-state index contributed by atoms with van der Waals surface area (Å²) in [4.78, 5) is 13.6. The van der Waals surface area contributed by atoms with E-state index in [0.29, 0.717) is 5.25 Å². The molecule has 1 amide bonds. The van der Waals surface area contributed by atoms with Crippen LogP contribution in [0.15, 0.2) is 18.2 Å². The van der Waals surface area contributed by atoms with E-state index in [9.17, 15) is 4.79 Å². The standard InChI is InChI=1S/C13H16ClNOS/c1-9-12-8-11(14)4-5-13(12)15(10(2)16)6-3-7-17-9/h4-5,8-9H,3,6-7H2,1-2H3. The fourth-order valence-electron chi connectivity index (χ4n) is 2.12. The van der Waals surface area contributed by atoms with E-state index in [4.69, 9.17) is 11.6 Å². The molecule has 1 aromatic rings. The molecule has 0 aromatic heterocycles. The van der Waals surface area contributed by atoms with Gasteiger partial charge in [0.2, 0.25) is 5.91 Å². The van der Waals surface area contributed by atoms with Crippen molar-refractivity contribution >= 4 is 35.0 Å². The summed E-state index contributed by atoms with van der Waals surface area (Å²) in [6, 6.07) is 5.80. The molecule has 0 spiro atoms. The van der Waals surface area contributed by atoms with E-state index in [1.807, 2.05) is 34.9 Å². The molecule has 17 heavy (non-hydrogen) atoms. The van der Waals surface area contributed by atoms with E-state index in [1.54, 1.807) is 6.92 Å². The van der Waals surface area contributed by atoms with Crippen molar-refractivity contribution < 1.29 is 4.79 Å². The average Bonchev–Trinajstić information content (AvgIpc) is 2.27. The summed E-state index contributed by atoms with van der Waals surface area (Å²) in [5.41, 5.74) is 2.18. The zero-order valence-electron chi connectivity index (χ0n) is 10.1. The summed E-state index contributed by atoms with van der Waals surface area (Å²) in [7, 11) is 0. The predicted molar refractivity (Wildman–Crippen MR) is 75.0 cm³/mol. The first-order valence-electron chi connectivity index (χ1n) is 5.78. The Kier molecular flexibility index (Phi) is 4.00. The summed E-state index contributed by atoms with van der Waals surface area (Å²) in [5, 5.41) is 1.12. The molecule has 4 heteroatoms. The molecular weight excluding hydrogens is 254 g/mol. The summed E-state index contributed by atoms with van der Waals surface area (Å²) < 4.78 is 0. The summed E-state index contributed by atoms with van der Waals surface area (Å²) in [6.07, 6.45) is 1.04. The van der Waals surface area contributed by atoms with Crippen molar-refractivity contribution in [2.45, 2.75) is 25.5 Å². The number of amides is 1. The second kappa shape index (κ2) is 5.32. The van der Waals surface area contributed by atoms with Gasteiger partial charge in [-0.25, -0.2) is 0 Å². The number of fused-ring (bicyclic) bond motifs is 1. The van der Waals surface area contributed by atoms with Crippen LogP contribution in [0.1, 0.15) is 31.1 Å². The number of thioether (sulfide) groups is 1. The van der Waals surface area contributed by atoms with Crippen LogP contribution in [0.5, 0.6) is 0 Å². The molecule has 1 heterocycles. The van der Waals surface area contributed by atoms with Crippen LogP contribution in [-0.4, -0.2) is 18.2 Å². The topological polar surface area (TPSA) is 20.3 Å². The van der Waals surface area contributed by atoms with Gasteiger partial charge in [-0.1, -0.05) is 11.6 Å². The van der Waals surface area contributed by atoms with Crippen LogP contribution in [0, 0.1) is 0 Å². The van der Waals surface area contributed by atoms with Gasteiger partial charge in [0.1, 0.15) is 0 Å². The maximum atomic E-state index is 11.7. The minimum absolute atomic E-state index is 0.104. The third-order valence-electron chi connectivity index (χ3n) is 2.99. The van der Waals surface area contributed by atoms with Crippen LogP contribution >= 0.6 is 23.4 Å². The van der Waals surface area contributed by atoms with Crippen LogP contribution in [0.4, 0.5) is 5.69 Å². The molecule has 0 fully saturated rings. The average molecular weight is 270 g/mol. The highest BCUT2D eigenvalue weighted by Crippen LogP contribution is 2.38. The van der Waals surface area contributed by atoms with E-state index in [1.165, 1.54) is 0 Å². The first kappa shape index (κ1) is 12.8. The molecule has 0 radical (unpaired) electrons. The monoisotopic (exact) mass is 269 g/mol. The summed E-state index contributed by atoms with van der Waals surface area (Å²) in [6.45, 7) is 4.59. The Morgan fingerprint density at radius 1 is 1.53 bits per heavy atom. The van der Waals surface area contributed by atoms with Gasteiger partial charge in [0.05, 0.1) is 0 Å². The highest BCUT2D eigenvalue weighted by molar-refractivity contribution is 7.99. The number of hydrogen-bond donors (Lipinski definition) is 0. The first-order valence-corrected chi connectivity index (χ1v) is 7.21. The summed E-state index contributed by atoms with van der Waals surface area (Å²) in [5.74, 6) is 1.18. The number of rotatable bonds is 0. The smallest absolute Gasteiger partial charge is 0.223 e. The van der Waals surface area contributed by atoms with Crippen molar-refractivity contribution in [1.29, 1.82) is 0 Å². The number of carbonyl (C=O) groups excluding carboxylic acids is 1. The molecule has 1 unspecified atom stereocenters. The number of nitrogens with zero attached hydrogens (tertiary/aromatic N) is 1. The zero-order valence-corrected chi connectivity index (χ0v) is 11.6. The van der Waals surface area contributed by atoms with Crippen LogP contribution in [0.2, 0.25) is 5.02 Å². The Hall–Kier alpha value is -0.670. The van der Waals surface area contributed by atoms with Crippen LogP contribution in [0.25, 0.3) is 0 Å². The Morgan fingerprint density at radius 3 is 3.00 bits per heavy atom. The van der Waals surface area contributed by atoms with Crippen molar-refractivity contribution in [2.24, 2.45) is 0 Å². The van der Waals surface area contributed by atoms with Crippen LogP contribution in [0.3, 0.4) is 0 Å². The summed E-state index contributed by atoms with van der Waals surface area (Å²) >= 11 is 7.97. The Labute approximate surface area is 111 Å². The van der Waals surface area contributed by atoms with Crippen LogP contribution < -0.4 is 4.90 Å². The van der Waals surface area contributed by atoms with Crippen molar-refractivity contribution in [3.8, 4) is 0 Å². The van der Waals surface area contributed by atoms with Gasteiger partial charge in [0.15, 0.2) is 0 Å². The maximum absolute atomic E-state index is 11.7. The molecule has 0 N–H and O–H groups in total. The molecule has 1 atom stereocenters. The molecule has 2 nitrogen and oxygen atoms in total. The van der Waals surface area contributed by atoms with E-state index >= 15 is 0 Å². The van der Waals surface area contributed by atoms with Crippen molar-refractivity contribution in [1.82, 2.24) is 0 Å². The first-order chi connectivity index (χ1) is 8.09. The molecule has 2 rings (SSSR count). The molecule has 1 aliphatic rings. The van der Waals surface area contributed by atoms with E-state index in [0.717, 1.165) is 35.0 Å². The van der Waals surface area contributed by atoms with E-state index in [-0.39, 0.29) is 5.91 Å². The third-order valence-corrected chi connectivity index (χ3v) is 4.51. The zero-order chi connectivity index (χ0) is 12.4. The minimum atomic E-state index is 0.104. The van der Waals surface area contributed by atoms with Crippen molar-refractivity contribution in [3.63, 3.8) is 0 Å². The Bertz CT molecular complexity index is 435. The van der Waals surface area contributed by atoms with E-state index in [2.05, 4.69) is 6.92 Å². The normalized spacial score (nSPS) is 20.4. The van der Waals surface area contributed by atoms with Gasteiger partial charge in [-0.3, -0.25) is 4.79 Å². The van der Waals surface area contributed by atoms with Gasteiger partial charge in [-0.05, 0) is 42.9 Å².